The van der Waals surface area contributed by atoms with E-state index in [0.717, 1.165) is 11.1 Å². The van der Waals surface area contributed by atoms with E-state index in [9.17, 15) is 4.79 Å². The van der Waals surface area contributed by atoms with E-state index in [0.29, 0.717) is 22.0 Å². The van der Waals surface area contributed by atoms with Gasteiger partial charge in [0.25, 0.3) is 5.91 Å². The molecule has 0 aliphatic rings. The van der Waals surface area contributed by atoms with Gasteiger partial charge in [-0.15, -0.1) is 0 Å². The summed E-state index contributed by atoms with van der Waals surface area (Å²) in [5, 5.41) is 3.46. The molecule has 104 valence electrons. The van der Waals surface area contributed by atoms with Crippen LogP contribution < -0.4 is 16.6 Å². The highest BCUT2D eigenvalue weighted by Crippen LogP contribution is 2.24. The van der Waals surface area contributed by atoms with E-state index in [1.807, 2.05) is 32.0 Å². The molecule has 0 fully saturated rings. The molecule has 0 aliphatic carbocycles. The van der Waals surface area contributed by atoms with Crippen molar-refractivity contribution in [3.8, 4) is 0 Å². The highest BCUT2D eigenvalue weighted by Gasteiger charge is 2.13. The molecule has 2 aromatic carbocycles. The van der Waals surface area contributed by atoms with Crippen LogP contribution in [0.4, 0.5) is 11.4 Å². The quantitative estimate of drug-likeness (QED) is 0.598. The number of hydrogen-bond acceptors (Lipinski definition) is 3. The Bertz CT molecular complexity index is 656. The number of hydrazine groups is 1. The molecule has 4 N–H and O–H groups in total. The van der Waals surface area contributed by atoms with Crippen molar-refractivity contribution in [3.63, 3.8) is 0 Å². The summed E-state index contributed by atoms with van der Waals surface area (Å²) in [6.45, 7) is 3.79. The normalized spacial score (nSPS) is 10.2. The third-order valence-electron chi connectivity index (χ3n) is 3.09. The van der Waals surface area contributed by atoms with Gasteiger partial charge in [-0.1, -0.05) is 23.7 Å². The zero-order valence-electron chi connectivity index (χ0n) is 11.3. The van der Waals surface area contributed by atoms with Gasteiger partial charge in [-0.2, -0.15) is 0 Å². The van der Waals surface area contributed by atoms with Crippen LogP contribution in [0.2, 0.25) is 5.02 Å². The zero-order chi connectivity index (χ0) is 14.7. The fourth-order valence-corrected chi connectivity index (χ4v) is 2.08. The third kappa shape index (κ3) is 2.92. The number of anilines is 2. The first-order valence-corrected chi connectivity index (χ1v) is 6.54. The Kier molecular flexibility index (Phi) is 4.27. The van der Waals surface area contributed by atoms with Crippen molar-refractivity contribution in [2.75, 3.05) is 10.7 Å². The lowest BCUT2D eigenvalue weighted by molar-refractivity contribution is 0.102. The Balaban J connectivity index is 2.31. The summed E-state index contributed by atoms with van der Waals surface area (Å²) in [4.78, 5) is 12.3. The van der Waals surface area contributed by atoms with Crippen molar-refractivity contribution >= 4 is 28.9 Å². The second kappa shape index (κ2) is 5.94. The predicted octanol–water partition coefficient (Wildman–Crippen LogP) is 3.49. The number of amides is 1. The Morgan fingerprint density at radius 3 is 2.60 bits per heavy atom. The molecule has 0 aromatic heterocycles. The fraction of sp³-hybridized carbons (Fsp3) is 0.133. The SMILES string of the molecule is Cc1ccc(C(=O)Nc2cccc(Cl)c2C)c(NN)c1. The van der Waals surface area contributed by atoms with Gasteiger partial charge < -0.3 is 10.7 Å². The van der Waals surface area contributed by atoms with Crippen molar-refractivity contribution in [3.05, 3.63) is 58.1 Å². The van der Waals surface area contributed by atoms with Crippen molar-refractivity contribution in [1.29, 1.82) is 0 Å². The molecule has 0 bridgehead atoms. The fourth-order valence-electron chi connectivity index (χ4n) is 1.91. The summed E-state index contributed by atoms with van der Waals surface area (Å²) in [6.07, 6.45) is 0. The van der Waals surface area contributed by atoms with Gasteiger partial charge in [-0.3, -0.25) is 10.6 Å². The summed E-state index contributed by atoms with van der Waals surface area (Å²) in [7, 11) is 0. The van der Waals surface area contributed by atoms with Crippen LogP contribution in [0.1, 0.15) is 21.5 Å². The summed E-state index contributed by atoms with van der Waals surface area (Å²) >= 11 is 6.04. The number of carbonyl (C=O) groups excluding carboxylic acids is 1. The molecule has 1 amide bonds. The number of aryl methyl sites for hydroxylation is 1. The van der Waals surface area contributed by atoms with Gasteiger partial charge in [0.15, 0.2) is 0 Å². The number of rotatable bonds is 3. The molecule has 0 aliphatic heterocycles. The van der Waals surface area contributed by atoms with Crippen LogP contribution in [-0.4, -0.2) is 5.91 Å². The maximum atomic E-state index is 12.3. The summed E-state index contributed by atoms with van der Waals surface area (Å²) in [6, 6.07) is 10.8. The minimum absolute atomic E-state index is 0.233. The summed E-state index contributed by atoms with van der Waals surface area (Å²) in [5.74, 6) is 5.22. The molecule has 0 heterocycles. The van der Waals surface area contributed by atoms with Gasteiger partial charge in [-0.25, -0.2) is 0 Å². The van der Waals surface area contributed by atoms with E-state index in [1.165, 1.54) is 0 Å². The standard InChI is InChI=1S/C15H16ClN3O/c1-9-6-7-11(14(8-9)19-17)15(20)18-13-5-3-4-12(16)10(13)2/h3-8,19H,17H2,1-2H3,(H,18,20). The maximum absolute atomic E-state index is 12.3. The molecule has 0 saturated carbocycles. The van der Waals surface area contributed by atoms with Crippen LogP contribution in [0.15, 0.2) is 36.4 Å². The molecular formula is C15H16ClN3O. The van der Waals surface area contributed by atoms with Gasteiger partial charge in [0, 0.05) is 10.7 Å². The van der Waals surface area contributed by atoms with Crippen molar-refractivity contribution in [2.24, 2.45) is 5.84 Å². The predicted molar refractivity (Wildman–Crippen MR) is 83.1 cm³/mol. The molecule has 4 nitrogen and oxygen atoms in total. The first kappa shape index (κ1) is 14.4. The number of nitrogens with one attached hydrogen (secondary N) is 2. The summed E-state index contributed by atoms with van der Waals surface area (Å²) in [5.41, 5.74) is 6.15. The monoisotopic (exact) mass is 289 g/mol. The van der Waals surface area contributed by atoms with Crippen LogP contribution in [0, 0.1) is 13.8 Å². The number of nitrogen functional groups attached to an aromatic ring is 1. The second-order valence-electron chi connectivity index (χ2n) is 4.56. The first-order chi connectivity index (χ1) is 9.52. The van der Waals surface area contributed by atoms with Gasteiger partial charge >= 0.3 is 0 Å². The molecule has 2 rings (SSSR count). The minimum Gasteiger partial charge on any atom is -0.323 e. The van der Waals surface area contributed by atoms with Crippen LogP contribution >= 0.6 is 11.6 Å². The highest BCUT2D eigenvalue weighted by molar-refractivity contribution is 6.31. The smallest absolute Gasteiger partial charge is 0.257 e. The number of nitrogens with two attached hydrogens (primary N) is 1. The van der Waals surface area contributed by atoms with Crippen LogP contribution in [0.3, 0.4) is 0 Å². The van der Waals surface area contributed by atoms with Crippen molar-refractivity contribution in [2.45, 2.75) is 13.8 Å². The lowest BCUT2D eigenvalue weighted by atomic mass is 10.1. The Hall–Kier alpha value is -2.04. The zero-order valence-corrected chi connectivity index (χ0v) is 12.1. The molecule has 0 atom stereocenters. The van der Waals surface area contributed by atoms with Crippen molar-refractivity contribution < 1.29 is 4.79 Å². The lowest BCUT2D eigenvalue weighted by Gasteiger charge is -2.12. The van der Waals surface area contributed by atoms with E-state index in [4.69, 9.17) is 17.4 Å². The number of carbonyl (C=O) groups is 1. The Morgan fingerprint density at radius 1 is 1.15 bits per heavy atom. The largest absolute Gasteiger partial charge is 0.323 e. The molecule has 0 unspecified atom stereocenters. The van der Waals surface area contributed by atoms with E-state index in [2.05, 4.69) is 10.7 Å². The minimum atomic E-state index is -0.233. The van der Waals surface area contributed by atoms with Crippen LogP contribution in [0.5, 0.6) is 0 Å². The third-order valence-corrected chi connectivity index (χ3v) is 3.50. The molecule has 0 saturated heterocycles. The maximum Gasteiger partial charge on any atom is 0.257 e. The number of hydrogen-bond donors (Lipinski definition) is 3. The molecule has 2 aromatic rings. The van der Waals surface area contributed by atoms with Gasteiger partial charge in [0.2, 0.25) is 0 Å². The molecule has 5 heteroatoms. The van der Waals surface area contributed by atoms with E-state index >= 15 is 0 Å². The Labute approximate surface area is 122 Å². The average Bonchev–Trinajstić information content (AvgIpc) is 2.43. The molecule has 20 heavy (non-hydrogen) atoms. The number of benzene rings is 2. The first-order valence-electron chi connectivity index (χ1n) is 6.16. The second-order valence-corrected chi connectivity index (χ2v) is 4.97. The Morgan fingerprint density at radius 2 is 1.90 bits per heavy atom. The highest BCUT2D eigenvalue weighted by atomic mass is 35.5. The summed E-state index contributed by atoms with van der Waals surface area (Å²) < 4.78 is 0. The lowest BCUT2D eigenvalue weighted by Crippen LogP contribution is -2.17. The molecule has 0 radical (unpaired) electrons. The van der Waals surface area contributed by atoms with Crippen molar-refractivity contribution in [1.82, 2.24) is 0 Å². The average molecular weight is 290 g/mol. The van der Waals surface area contributed by atoms with E-state index in [1.54, 1.807) is 18.2 Å². The van der Waals surface area contributed by atoms with Gasteiger partial charge in [0.1, 0.15) is 0 Å². The molecule has 0 spiro atoms. The topological polar surface area (TPSA) is 67.2 Å². The van der Waals surface area contributed by atoms with Crippen LogP contribution in [-0.2, 0) is 0 Å². The van der Waals surface area contributed by atoms with Crippen LogP contribution in [0.25, 0.3) is 0 Å². The van der Waals surface area contributed by atoms with Gasteiger partial charge in [0.05, 0.1) is 11.3 Å². The van der Waals surface area contributed by atoms with E-state index in [-0.39, 0.29) is 5.91 Å². The number of halogens is 1. The molecular weight excluding hydrogens is 274 g/mol. The van der Waals surface area contributed by atoms with Gasteiger partial charge in [-0.05, 0) is 49.2 Å². The van der Waals surface area contributed by atoms with E-state index < -0.39 is 0 Å².